The zero-order valence-corrected chi connectivity index (χ0v) is 16.2. The van der Waals surface area contributed by atoms with Gasteiger partial charge in [-0.05, 0) is 45.7 Å². The summed E-state index contributed by atoms with van der Waals surface area (Å²) in [4.78, 5) is 18.8. The molecule has 1 aromatic carbocycles. The van der Waals surface area contributed by atoms with E-state index in [1.54, 1.807) is 4.90 Å². The van der Waals surface area contributed by atoms with E-state index in [4.69, 9.17) is 9.68 Å². The quantitative estimate of drug-likeness (QED) is 0.849. The maximum Gasteiger partial charge on any atom is 0.237 e. The summed E-state index contributed by atoms with van der Waals surface area (Å²) in [6, 6.07) is 11.7. The van der Waals surface area contributed by atoms with Crippen LogP contribution in [0.2, 0.25) is 0 Å². The van der Waals surface area contributed by atoms with Crippen molar-refractivity contribution in [3.63, 3.8) is 0 Å². The second-order valence-electron chi connectivity index (χ2n) is 7.68. The number of amides is 1. The number of nitriles is 1. The number of aromatic nitrogens is 1. The first-order valence-corrected chi connectivity index (χ1v) is 9.35. The van der Waals surface area contributed by atoms with Crippen molar-refractivity contribution in [2.75, 3.05) is 13.1 Å². The Kier molecular flexibility index (Phi) is 5.62. The van der Waals surface area contributed by atoms with Gasteiger partial charge in [0.25, 0.3) is 0 Å². The predicted octanol–water partition coefficient (Wildman–Crippen LogP) is 3.08. The van der Waals surface area contributed by atoms with Crippen LogP contribution in [-0.4, -0.2) is 40.5 Å². The summed E-state index contributed by atoms with van der Waals surface area (Å²) < 4.78 is 5.83. The molecule has 0 unspecified atom stereocenters. The van der Waals surface area contributed by atoms with Crippen molar-refractivity contribution in [3.8, 4) is 17.5 Å². The lowest BCUT2D eigenvalue weighted by Gasteiger charge is -2.27. The van der Waals surface area contributed by atoms with Crippen molar-refractivity contribution in [3.05, 3.63) is 41.8 Å². The Morgan fingerprint density at radius 2 is 2.15 bits per heavy atom. The van der Waals surface area contributed by atoms with Crippen LogP contribution >= 0.6 is 0 Å². The summed E-state index contributed by atoms with van der Waals surface area (Å²) in [7, 11) is 0. The number of hydrogen-bond acceptors (Lipinski definition) is 5. The van der Waals surface area contributed by atoms with Gasteiger partial charge in [0.05, 0.1) is 18.3 Å². The smallest absolute Gasteiger partial charge is 0.237 e. The molecule has 1 saturated heterocycles. The zero-order chi connectivity index (χ0) is 19.4. The molecule has 1 aliphatic heterocycles. The molecule has 6 nitrogen and oxygen atoms in total. The van der Waals surface area contributed by atoms with Crippen LogP contribution in [0.15, 0.2) is 34.7 Å². The number of benzene rings is 1. The highest BCUT2D eigenvalue weighted by molar-refractivity contribution is 5.79. The van der Waals surface area contributed by atoms with Gasteiger partial charge in [-0.25, -0.2) is 4.98 Å². The van der Waals surface area contributed by atoms with Gasteiger partial charge in [0, 0.05) is 24.1 Å². The van der Waals surface area contributed by atoms with Crippen molar-refractivity contribution in [1.82, 2.24) is 15.2 Å². The molecule has 2 heterocycles. The minimum Gasteiger partial charge on any atom is -0.441 e. The molecule has 6 heteroatoms. The van der Waals surface area contributed by atoms with Crippen LogP contribution in [0.4, 0.5) is 0 Å². The summed E-state index contributed by atoms with van der Waals surface area (Å²) in [5, 5.41) is 12.5. The number of nitrogens with one attached hydrogen (secondary N) is 1. The molecule has 1 atom stereocenters. The first kappa shape index (κ1) is 19.1. The first-order valence-electron chi connectivity index (χ1n) is 9.35. The van der Waals surface area contributed by atoms with Crippen molar-refractivity contribution in [2.45, 2.75) is 51.6 Å². The van der Waals surface area contributed by atoms with Crippen molar-refractivity contribution < 1.29 is 9.21 Å². The summed E-state index contributed by atoms with van der Waals surface area (Å²) in [5.41, 5.74) is 1.51. The van der Waals surface area contributed by atoms with Crippen LogP contribution in [0, 0.1) is 18.3 Å². The fourth-order valence-electron chi connectivity index (χ4n) is 3.39. The largest absolute Gasteiger partial charge is 0.441 e. The number of carbonyl (C=O) groups excluding carboxylic acids is 1. The Morgan fingerprint density at radius 1 is 1.41 bits per heavy atom. The molecule has 1 fully saturated rings. The van der Waals surface area contributed by atoms with E-state index >= 15 is 0 Å². The van der Waals surface area contributed by atoms with E-state index in [2.05, 4.69) is 16.4 Å². The van der Waals surface area contributed by atoms with Gasteiger partial charge >= 0.3 is 0 Å². The highest BCUT2D eigenvalue weighted by Gasteiger charge is 2.30. The molecule has 0 bridgehead atoms. The van der Waals surface area contributed by atoms with Crippen LogP contribution < -0.4 is 5.32 Å². The predicted molar refractivity (Wildman–Crippen MR) is 103 cm³/mol. The van der Waals surface area contributed by atoms with E-state index in [9.17, 15) is 4.79 Å². The average Bonchev–Trinajstić information content (AvgIpc) is 3.27. The van der Waals surface area contributed by atoms with Crippen LogP contribution in [0.3, 0.4) is 0 Å². The molecule has 1 amide bonds. The van der Waals surface area contributed by atoms with E-state index in [-0.39, 0.29) is 24.0 Å². The van der Waals surface area contributed by atoms with Gasteiger partial charge in [-0.1, -0.05) is 18.2 Å². The number of likely N-dealkylation sites (tertiary alicyclic amines) is 1. The second-order valence-corrected chi connectivity index (χ2v) is 7.68. The van der Waals surface area contributed by atoms with E-state index < -0.39 is 0 Å². The lowest BCUT2D eigenvalue weighted by molar-refractivity contribution is -0.130. The standard InChI is InChI=1S/C21H26N4O2/c1-15-18(24-20(27-15)16-8-5-4-6-9-16)12-21(2,3)23-14-19(26)25-11-7-10-17(25)13-22/h4-6,8-9,17,23H,7,10-12,14H2,1-3H3/t17-/m0/s1. The van der Waals surface area contributed by atoms with Crippen LogP contribution in [0.1, 0.15) is 38.1 Å². The minimum atomic E-state index is -0.326. The molecular weight excluding hydrogens is 340 g/mol. The number of carbonyl (C=O) groups is 1. The van der Waals surface area contributed by atoms with Gasteiger partial charge < -0.3 is 14.6 Å². The number of aryl methyl sites for hydroxylation is 1. The van der Waals surface area contributed by atoms with Crippen LogP contribution in [0.5, 0.6) is 0 Å². The molecule has 1 aromatic heterocycles. The second kappa shape index (κ2) is 7.93. The summed E-state index contributed by atoms with van der Waals surface area (Å²) in [6.45, 7) is 6.89. The topological polar surface area (TPSA) is 82.2 Å². The Labute approximate surface area is 160 Å². The normalized spacial score (nSPS) is 17.1. The Morgan fingerprint density at radius 3 is 2.85 bits per heavy atom. The van der Waals surface area contributed by atoms with E-state index in [1.165, 1.54) is 0 Å². The Bertz CT molecular complexity index is 836. The highest BCUT2D eigenvalue weighted by Crippen LogP contribution is 2.24. The van der Waals surface area contributed by atoms with Gasteiger partial charge in [0.1, 0.15) is 11.8 Å². The van der Waals surface area contributed by atoms with E-state index in [0.29, 0.717) is 18.9 Å². The molecule has 2 aromatic rings. The lowest BCUT2D eigenvalue weighted by Crippen LogP contribution is -2.48. The lowest BCUT2D eigenvalue weighted by atomic mass is 9.97. The molecule has 142 valence electrons. The number of hydrogen-bond donors (Lipinski definition) is 1. The van der Waals surface area contributed by atoms with Gasteiger partial charge in [-0.2, -0.15) is 5.26 Å². The van der Waals surface area contributed by atoms with Gasteiger partial charge in [0.2, 0.25) is 11.8 Å². The maximum absolute atomic E-state index is 12.4. The molecule has 0 aliphatic carbocycles. The van der Waals surface area contributed by atoms with Gasteiger partial charge in [0.15, 0.2) is 0 Å². The van der Waals surface area contributed by atoms with Crippen molar-refractivity contribution in [1.29, 1.82) is 5.26 Å². The highest BCUT2D eigenvalue weighted by atomic mass is 16.4. The molecule has 0 spiro atoms. The number of nitrogens with zero attached hydrogens (tertiary/aromatic N) is 3. The van der Waals surface area contributed by atoms with Gasteiger partial charge in [-0.15, -0.1) is 0 Å². The maximum atomic E-state index is 12.4. The summed E-state index contributed by atoms with van der Waals surface area (Å²) in [5.74, 6) is 1.39. The summed E-state index contributed by atoms with van der Waals surface area (Å²) >= 11 is 0. The zero-order valence-electron chi connectivity index (χ0n) is 16.2. The monoisotopic (exact) mass is 366 g/mol. The fraction of sp³-hybridized carbons (Fsp3) is 0.476. The fourth-order valence-corrected chi connectivity index (χ4v) is 3.39. The van der Waals surface area contributed by atoms with Gasteiger partial charge in [-0.3, -0.25) is 4.79 Å². The molecule has 27 heavy (non-hydrogen) atoms. The number of oxazole rings is 1. The molecule has 0 radical (unpaired) electrons. The molecule has 0 saturated carbocycles. The first-order chi connectivity index (χ1) is 12.9. The SMILES string of the molecule is Cc1oc(-c2ccccc2)nc1CC(C)(C)NCC(=O)N1CCC[C@H]1C#N. The third kappa shape index (κ3) is 4.55. The Hall–Kier alpha value is -2.65. The third-order valence-electron chi connectivity index (χ3n) is 4.96. The van der Waals surface area contributed by atoms with Crippen LogP contribution in [0.25, 0.3) is 11.5 Å². The van der Waals surface area contributed by atoms with E-state index in [0.717, 1.165) is 29.9 Å². The Balaban J connectivity index is 1.62. The van der Waals surface area contributed by atoms with Crippen molar-refractivity contribution in [2.24, 2.45) is 0 Å². The molecule has 1 N–H and O–H groups in total. The van der Waals surface area contributed by atoms with E-state index in [1.807, 2.05) is 51.1 Å². The van der Waals surface area contributed by atoms with Crippen molar-refractivity contribution >= 4 is 5.91 Å². The third-order valence-corrected chi connectivity index (χ3v) is 4.96. The van der Waals surface area contributed by atoms with Crippen LogP contribution in [-0.2, 0) is 11.2 Å². The molecule has 1 aliphatic rings. The summed E-state index contributed by atoms with van der Waals surface area (Å²) in [6.07, 6.45) is 2.31. The average molecular weight is 366 g/mol. The molecular formula is C21H26N4O2. The molecule has 3 rings (SSSR count). The minimum absolute atomic E-state index is 0.0195. The number of rotatable bonds is 6.